The van der Waals surface area contributed by atoms with Gasteiger partial charge in [-0.1, -0.05) is 60.7 Å². The molecule has 0 aliphatic carbocycles. The van der Waals surface area contributed by atoms with Gasteiger partial charge in [-0.2, -0.15) is 0 Å². The fourth-order valence-corrected chi connectivity index (χ4v) is 12.4. The molecule has 0 bridgehead atoms. The summed E-state index contributed by atoms with van der Waals surface area (Å²) in [5, 5.41) is 11.5. The van der Waals surface area contributed by atoms with Crippen molar-refractivity contribution >= 4 is 57.4 Å². The molecule has 0 radical (unpaired) electrons. The van der Waals surface area contributed by atoms with E-state index in [0.717, 1.165) is 82.8 Å². The largest absolute Gasteiger partial charge is 0.480 e. The average molecular weight is 1210 g/mol. The predicted molar refractivity (Wildman–Crippen MR) is 342 cm³/mol. The van der Waals surface area contributed by atoms with Crippen molar-refractivity contribution in [1.29, 1.82) is 0 Å². The maximum absolute atomic E-state index is 14.0. The fourth-order valence-electron chi connectivity index (χ4n) is 12.4. The number of carbonyl (C=O) groups is 4. The zero-order chi connectivity index (χ0) is 63.1. The third-order valence-electron chi connectivity index (χ3n) is 17.1. The first-order valence-electron chi connectivity index (χ1n) is 30.6. The van der Waals surface area contributed by atoms with Crippen molar-refractivity contribution in [3.05, 3.63) is 154 Å². The number of aryl methyl sites for hydroxylation is 1. The van der Waals surface area contributed by atoms with Crippen LogP contribution in [0, 0.1) is 10.8 Å². The lowest BCUT2D eigenvalue weighted by atomic mass is 9.78. The van der Waals surface area contributed by atoms with Gasteiger partial charge in [-0.05, 0) is 133 Å². The van der Waals surface area contributed by atoms with Crippen molar-refractivity contribution in [2.24, 2.45) is 16.6 Å². The molecule has 22 nitrogen and oxygen atoms in total. The number of aliphatic carboxylic acids is 1. The number of pyridine rings is 2. The standard InChI is InChI=1S/C34H40N6O4.C25H32N4O5.C8H9N3/c1-33(2,3)44-32(43)38-16-12-34(13-17-38)14-18-39(23-34)30-31(42)40(29(21-36-30)24-7-5-4-6-8-24)22-27(41)10-9-26-19-25-20-35-15-11-28(25)37-26;1-24(2,3)34-23(33)27-12-9-25(10-13-27)11-14-28(17-25)21-22(32)29(16-20(30)31)19(15-26-21)18-7-5-4-6-8-18;9-4-7-3-6-5-10-2-1-8(6)11-7/h4-8,11,15,19-21,37H,9-10,12-14,16-18,22-23H2,1-3H3;4-8,15H,9-14,16-17H2,1-3H3,(H,30,31);1-3,5,11H,4,9H2. The number of carboxylic acid groups (broad SMARTS) is 1. The van der Waals surface area contributed by atoms with Crippen LogP contribution in [0.1, 0.15) is 97.9 Å². The lowest BCUT2D eigenvalue weighted by Gasteiger charge is -2.39. The van der Waals surface area contributed by atoms with Crippen LogP contribution in [0.3, 0.4) is 0 Å². The molecule has 468 valence electrons. The van der Waals surface area contributed by atoms with Gasteiger partial charge in [0, 0.05) is 123 Å². The highest BCUT2D eigenvalue weighted by atomic mass is 16.6. The summed E-state index contributed by atoms with van der Waals surface area (Å²) in [4.78, 5) is 109. The lowest BCUT2D eigenvalue weighted by Crippen LogP contribution is -2.46. The first kappa shape index (κ1) is 62.9. The molecule has 22 heteroatoms. The number of hydrogen-bond donors (Lipinski definition) is 4. The van der Waals surface area contributed by atoms with Crippen molar-refractivity contribution in [2.75, 3.05) is 62.2 Å². The van der Waals surface area contributed by atoms with Gasteiger partial charge in [0.25, 0.3) is 11.1 Å². The summed E-state index contributed by atoms with van der Waals surface area (Å²) >= 11 is 0. The molecule has 12 rings (SSSR count). The number of ketones is 1. The van der Waals surface area contributed by atoms with Gasteiger partial charge in [0.1, 0.15) is 17.7 Å². The highest BCUT2D eigenvalue weighted by molar-refractivity contribution is 5.82. The second-order valence-corrected chi connectivity index (χ2v) is 25.9. The Balaban J connectivity index is 0.000000171. The van der Waals surface area contributed by atoms with Gasteiger partial charge in [0.15, 0.2) is 17.4 Å². The zero-order valence-corrected chi connectivity index (χ0v) is 51.7. The number of rotatable bonds is 12. The molecule has 4 fully saturated rings. The van der Waals surface area contributed by atoms with E-state index in [2.05, 4.69) is 34.8 Å². The Labute approximate surface area is 517 Å². The van der Waals surface area contributed by atoms with E-state index in [1.807, 2.05) is 138 Å². The number of nitrogens with zero attached hydrogens (tertiary/aromatic N) is 10. The van der Waals surface area contributed by atoms with Gasteiger partial charge < -0.3 is 49.9 Å². The highest BCUT2D eigenvalue weighted by Crippen LogP contribution is 2.43. The normalized spacial score (nSPS) is 16.3. The Bertz CT molecular complexity index is 3860. The summed E-state index contributed by atoms with van der Waals surface area (Å²) in [6.07, 6.45) is 15.9. The molecular formula is C67H81N13O9. The number of nitrogens with one attached hydrogen (secondary N) is 2. The minimum absolute atomic E-state index is 0.00234. The number of piperidine rings is 2. The Hall–Kier alpha value is -9.18. The summed E-state index contributed by atoms with van der Waals surface area (Å²) in [6.45, 7) is 16.6. The van der Waals surface area contributed by atoms with Gasteiger partial charge in [0.2, 0.25) is 0 Å². The van der Waals surface area contributed by atoms with Crippen LogP contribution in [0.4, 0.5) is 21.2 Å². The molecule has 2 amide bonds. The van der Waals surface area contributed by atoms with Gasteiger partial charge in [0.05, 0.1) is 30.3 Å². The highest BCUT2D eigenvalue weighted by Gasteiger charge is 2.45. The quantitative estimate of drug-likeness (QED) is 0.0886. The first-order chi connectivity index (χ1) is 42.6. The van der Waals surface area contributed by atoms with Crippen LogP contribution in [-0.2, 0) is 45.1 Å². The van der Waals surface area contributed by atoms with E-state index in [1.54, 1.807) is 45.4 Å². The number of amides is 2. The van der Waals surface area contributed by atoms with Crippen molar-refractivity contribution in [3.8, 4) is 22.5 Å². The Morgan fingerprint density at radius 1 is 0.573 bits per heavy atom. The average Bonchev–Trinajstić information content (AvgIpc) is 2.15. The van der Waals surface area contributed by atoms with Crippen LogP contribution in [0.25, 0.3) is 44.3 Å². The van der Waals surface area contributed by atoms with Crippen LogP contribution in [-0.4, -0.2) is 141 Å². The van der Waals surface area contributed by atoms with Crippen LogP contribution >= 0.6 is 0 Å². The third kappa shape index (κ3) is 15.4. The van der Waals surface area contributed by atoms with Crippen molar-refractivity contribution in [3.63, 3.8) is 0 Å². The number of aromatic amines is 2. The van der Waals surface area contributed by atoms with E-state index in [9.17, 15) is 33.9 Å². The molecule has 4 aliphatic heterocycles. The molecule has 8 aromatic rings. The number of Topliss-reactive ketones (excluding diaryl/α,β-unsaturated/α-hetero) is 1. The smallest absolute Gasteiger partial charge is 0.410 e. The molecule has 0 atom stereocenters. The number of ether oxygens (including phenoxy) is 2. The second kappa shape index (κ2) is 26.7. The van der Waals surface area contributed by atoms with E-state index in [-0.39, 0.29) is 46.7 Å². The number of H-pyrrole nitrogens is 2. The number of carbonyl (C=O) groups excluding carboxylic acids is 3. The van der Waals surface area contributed by atoms with E-state index in [0.29, 0.717) is 89.0 Å². The molecule has 2 aromatic carbocycles. The monoisotopic (exact) mass is 1210 g/mol. The molecule has 2 spiro atoms. The number of fused-ring (bicyclic) bond motifs is 2. The van der Waals surface area contributed by atoms with Crippen LogP contribution in [0.5, 0.6) is 0 Å². The van der Waals surface area contributed by atoms with Crippen LogP contribution in [0.2, 0.25) is 0 Å². The van der Waals surface area contributed by atoms with Gasteiger partial charge >= 0.3 is 18.2 Å². The van der Waals surface area contributed by atoms with Crippen LogP contribution < -0.4 is 26.7 Å². The summed E-state index contributed by atoms with van der Waals surface area (Å²) in [5.41, 5.74) is 10.6. The minimum Gasteiger partial charge on any atom is -0.480 e. The summed E-state index contributed by atoms with van der Waals surface area (Å²) in [6, 6.07) is 26.7. The number of carboxylic acids is 1. The minimum atomic E-state index is -1.08. The van der Waals surface area contributed by atoms with Crippen LogP contribution in [0.15, 0.2) is 132 Å². The fraction of sp³-hybridized carbons (Fsp3) is 0.433. The Morgan fingerprint density at radius 3 is 1.40 bits per heavy atom. The molecule has 6 aromatic heterocycles. The van der Waals surface area contributed by atoms with E-state index in [4.69, 9.17) is 15.2 Å². The molecule has 4 aliphatic rings. The number of nitrogens with two attached hydrogens (primary N) is 1. The number of anilines is 2. The number of hydrogen-bond acceptors (Lipinski definition) is 15. The van der Waals surface area contributed by atoms with E-state index < -0.39 is 29.3 Å². The predicted octanol–water partition coefficient (Wildman–Crippen LogP) is 9.46. The van der Waals surface area contributed by atoms with E-state index >= 15 is 0 Å². The number of benzene rings is 2. The molecule has 5 N–H and O–H groups in total. The van der Waals surface area contributed by atoms with E-state index in [1.165, 1.54) is 4.57 Å². The molecule has 0 unspecified atom stereocenters. The van der Waals surface area contributed by atoms with Gasteiger partial charge in [-0.15, -0.1) is 0 Å². The van der Waals surface area contributed by atoms with Crippen molar-refractivity contribution in [2.45, 2.75) is 124 Å². The first-order valence-corrected chi connectivity index (χ1v) is 30.6. The molecule has 89 heavy (non-hydrogen) atoms. The van der Waals surface area contributed by atoms with Gasteiger partial charge in [-0.25, -0.2) is 19.6 Å². The maximum Gasteiger partial charge on any atom is 0.410 e. The number of likely N-dealkylation sites (tertiary alicyclic amines) is 2. The molecule has 10 heterocycles. The summed E-state index contributed by atoms with van der Waals surface area (Å²) < 4.78 is 14.0. The topological polar surface area (TPSA) is 273 Å². The molecular weight excluding hydrogens is 1130 g/mol. The summed E-state index contributed by atoms with van der Waals surface area (Å²) in [5.74, 6) is -0.436. The molecule has 0 saturated carbocycles. The second-order valence-electron chi connectivity index (χ2n) is 25.9. The molecule has 4 saturated heterocycles. The summed E-state index contributed by atoms with van der Waals surface area (Å²) in [7, 11) is 0. The van der Waals surface area contributed by atoms with Gasteiger partial charge in [-0.3, -0.25) is 38.3 Å². The Morgan fingerprint density at radius 2 is 0.989 bits per heavy atom. The third-order valence-corrected chi connectivity index (χ3v) is 17.1. The van der Waals surface area contributed by atoms with Crippen molar-refractivity contribution < 1.29 is 33.8 Å². The lowest BCUT2D eigenvalue weighted by molar-refractivity contribution is -0.137. The van der Waals surface area contributed by atoms with Crippen molar-refractivity contribution in [1.82, 2.24) is 48.8 Å². The SMILES string of the molecule is CC(C)(C)OC(=O)N1CCC2(CC1)CCN(c1ncc(-c3ccccc3)n(CC(=O)CCc3cc4cnccc4[nH]3)c1=O)C2.CC(C)(C)OC(=O)N1CCC2(CC1)CCN(c1ncc(-c3ccccc3)n(CC(=O)O)c1=O)C2.NCc1cc2cnccc2[nH]1. The number of aromatic nitrogens is 8. The zero-order valence-electron chi connectivity index (χ0n) is 51.7. The Kier molecular flexibility index (Phi) is 18.8. The maximum atomic E-state index is 14.0.